The molecule has 0 amide bonds. The van der Waals surface area contributed by atoms with Crippen LogP contribution in [-0.4, -0.2) is 10.8 Å². The molecule has 0 aliphatic carbocycles. The molecule has 1 aromatic heterocycles. The molecule has 5 heteroatoms. The first-order chi connectivity index (χ1) is 8.59. The molecule has 0 N–H and O–H groups in total. The van der Waals surface area contributed by atoms with E-state index < -0.39 is 5.82 Å². The van der Waals surface area contributed by atoms with Crippen LogP contribution in [0.5, 0.6) is 0 Å². The molecule has 0 aliphatic heterocycles. The highest BCUT2D eigenvalue weighted by Gasteiger charge is 2.15. The fourth-order valence-corrected chi connectivity index (χ4v) is 2.01. The van der Waals surface area contributed by atoms with Crippen molar-refractivity contribution in [3.8, 4) is 0 Å². The Morgan fingerprint density at radius 1 is 1.22 bits per heavy atom. The molecule has 0 spiro atoms. The van der Waals surface area contributed by atoms with Gasteiger partial charge in [0.25, 0.3) is 0 Å². The number of Topliss-reactive ketones (excluding diaryl/α,β-unsaturated/α-hetero) is 1. The van der Waals surface area contributed by atoms with Crippen molar-refractivity contribution in [1.29, 1.82) is 0 Å². The quantitative estimate of drug-likeness (QED) is 0.799. The minimum atomic E-state index is -0.499. The first kappa shape index (κ1) is 13.0. The number of pyridine rings is 1. The fourth-order valence-electron chi connectivity index (χ4n) is 1.56. The summed E-state index contributed by atoms with van der Waals surface area (Å²) in [7, 11) is 0. The predicted molar refractivity (Wildman–Crippen MR) is 68.7 cm³/mol. The third kappa shape index (κ3) is 2.68. The van der Waals surface area contributed by atoms with Crippen LogP contribution in [0.15, 0.2) is 36.7 Å². The van der Waals surface area contributed by atoms with Crippen molar-refractivity contribution in [2.45, 2.75) is 6.42 Å². The summed E-state index contributed by atoms with van der Waals surface area (Å²) in [5.74, 6) is -0.796. The maximum atomic E-state index is 13.5. The highest BCUT2D eigenvalue weighted by Crippen LogP contribution is 2.22. The van der Waals surface area contributed by atoms with Crippen LogP contribution >= 0.6 is 23.2 Å². The molecule has 0 fully saturated rings. The average molecular weight is 284 g/mol. The van der Waals surface area contributed by atoms with E-state index in [0.29, 0.717) is 5.56 Å². The van der Waals surface area contributed by atoms with Gasteiger partial charge in [0.2, 0.25) is 0 Å². The van der Waals surface area contributed by atoms with E-state index in [-0.39, 0.29) is 27.8 Å². The number of carbonyl (C=O) groups excluding carboxylic acids is 1. The highest BCUT2D eigenvalue weighted by molar-refractivity contribution is 6.34. The van der Waals surface area contributed by atoms with Gasteiger partial charge in [0.15, 0.2) is 5.78 Å². The number of benzene rings is 1. The van der Waals surface area contributed by atoms with Crippen molar-refractivity contribution < 1.29 is 9.18 Å². The van der Waals surface area contributed by atoms with Crippen LogP contribution in [-0.2, 0) is 6.42 Å². The number of ketones is 1. The third-order valence-corrected chi connectivity index (χ3v) is 3.13. The molecule has 0 aliphatic rings. The van der Waals surface area contributed by atoms with Crippen LogP contribution in [0.4, 0.5) is 4.39 Å². The van der Waals surface area contributed by atoms with E-state index in [1.54, 1.807) is 6.07 Å². The van der Waals surface area contributed by atoms with Crippen molar-refractivity contribution in [2.24, 2.45) is 0 Å². The highest BCUT2D eigenvalue weighted by atomic mass is 35.5. The molecule has 1 aromatic carbocycles. The summed E-state index contributed by atoms with van der Waals surface area (Å²) in [4.78, 5) is 15.8. The zero-order chi connectivity index (χ0) is 13.1. The van der Waals surface area contributed by atoms with E-state index in [0.717, 1.165) is 0 Å². The molecular weight excluding hydrogens is 276 g/mol. The molecule has 2 rings (SSSR count). The zero-order valence-corrected chi connectivity index (χ0v) is 10.7. The van der Waals surface area contributed by atoms with Crippen LogP contribution in [0.2, 0.25) is 10.0 Å². The molecule has 0 radical (unpaired) electrons. The first-order valence-corrected chi connectivity index (χ1v) is 5.91. The van der Waals surface area contributed by atoms with Gasteiger partial charge in [0.1, 0.15) is 5.82 Å². The SMILES string of the molecule is O=C(Cc1c(F)cccc1Cl)c1ccncc1Cl. The topological polar surface area (TPSA) is 30.0 Å². The van der Waals surface area contributed by atoms with E-state index in [1.807, 2.05) is 0 Å². The smallest absolute Gasteiger partial charge is 0.169 e. The summed E-state index contributed by atoms with van der Waals surface area (Å²) in [6, 6.07) is 5.80. The van der Waals surface area contributed by atoms with Crippen LogP contribution in [0.25, 0.3) is 0 Å². The van der Waals surface area contributed by atoms with E-state index in [1.165, 1.54) is 30.6 Å². The minimum absolute atomic E-state index is 0.130. The van der Waals surface area contributed by atoms with Crippen molar-refractivity contribution in [1.82, 2.24) is 4.98 Å². The van der Waals surface area contributed by atoms with E-state index in [4.69, 9.17) is 23.2 Å². The Morgan fingerprint density at radius 3 is 2.67 bits per heavy atom. The summed E-state index contributed by atoms with van der Waals surface area (Å²) < 4.78 is 13.5. The molecule has 0 saturated carbocycles. The zero-order valence-electron chi connectivity index (χ0n) is 9.16. The van der Waals surface area contributed by atoms with Gasteiger partial charge in [-0.1, -0.05) is 29.3 Å². The largest absolute Gasteiger partial charge is 0.294 e. The van der Waals surface area contributed by atoms with Crippen molar-refractivity contribution in [3.05, 3.63) is 63.6 Å². The Kier molecular flexibility index (Phi) is 3.94. The predicted octanol–water partition coefficient (Wildman–Crippen LogP) is 3.95. The van der Waals surface area contributed by atoms with Crippen LogP contribution in [0.1, 0.15) is 15.9 Å². The summed E-state index contributed by atoms with van der Waals surface area (Å²) in [6.07, 6.45) is 2.70. The molecule has 0 unspecified atom stereocenters. The summed E-state index contributed by atoms with van der Waals surface area (Å²) in [6.45, 7) is 0. The molecule has 2 aromatic rings. The van der Waals surface area contributed by atoms with Gasteiger partial charge in [0.05, 0.1) is 5.02 Å². The van der Waals surface area contributed by atoms with Crippen LogP contribution < -0.4 is 0 Å². The number of nitrogens with zero attached hydrogens (tertiary/aromatic N) is 1. The van der Waals surface area contributed by atoms with Gasteiger partial charge in [-0.15, -0.1) is 0 Å². The fraction of sp³-hybridized carbons (Fsp3) is 0.0769. The Morgan fingerprint density at radius 2 is 2.00 bits per heavy atom. The summed E-state index contributed by atoms with van der Waals surface area (Å²) in [5, 5.41) is 0.475. The van der Waals surface area contributed by atoms with Gasteiger partial charge < -0.3 is 0 Å². The Hall–Kier alpha value is -1.45. The number of halogens is 3. The van der Waals surface area contributed by atoms with Gasteiger partial charge in [-0.25, -0.2) is 4.39 Å². The second-order valence-electron chi connectivity index (χ2n) is 3.66. The minimum Gasteiger partial charge on any atom is -0.294 e. The lowest BCUT2D eigenvalue weighted by molar-refractivity contribution is 0.0992. The monoisotopic (exact) mass is 283 g/mol. The molecule has 0 bridgehead atoms. The standard InChI is InChI=1S/C13H8Cl2FNO/c14-10-2-1-3-12(16)9(10)6-13(18)8-4-5-17-7-11(8)15/h1-5,7H,6H2. The maximum Gasteiger partial charge on any atom is 0.169 e. The van der Waals surface area contributed by atoms with Gasteiger partial charge in [-0.2, -0.15) is 0 Å². The number of hydrogen-bond donors (Lipinski definition) is 0. The van der Waals surface area contributed by atoms with Crippen molar-refractivity contribution >= 4 is 29.0 Å². The van der Waals surface area contributed by atoms with Crippen molar-refractivity contribution in [3.63, 3.8) is 0 Å². The molecule has 1 heterocycles. The van der Waals surface area contributed by atoms with Gasteiger partial charge in [-0.3, -0.25) is 9.78 Å². The second kappa shape index (κ2) is 5.46. The third-order valence-electron chi connectivity index (χ3n) is 2.47. The molecule has 0 atom stereocenters. The Balaban J connectivity index is 2.30. The van der Waals surface area contributed by atoms with Crippen LogP contribution in [0.3, 0.4) is 0 Å². The molecule has 18 heavy (non-hydrogen) atoms. The van der Waals surface area contributed by atoms with E-state index in [9.17, 15) is 9.18 Å². The molecular formula is C13H8Cl2FNO. The summed E-state index contributed by atoms with van der Waals surface area (Å²) >= 11 is 11.7. The molecule has 2 nitrogen and oxygen atoms in total. The Bertz CT molecular complexity index is 581. The van der Waals surface area contributed by atoms with E-state index in [2.05, 4.69) is 4.98 Å². The van der Waals surface area contributed by atoms with Gasteiger partial charge in [-0.05, 0) is 18.2 Å². The van der Waals surface area contributed by atoms with Gasteiger partial charge >= 0.3 is 0 Å². The van der Waals surface area contributed by atoms with Crippen LogP contribution in [0, 0.1) is 5.82 Å². The number of aromatic nitrogens is 1. The first-order valence-electron chi connectivity index (χ1n) is 5.15. The average Bonchev–Trinajstić information content (AvgIpc) is 2.34. The van der Waals surface area contributed by atoms with Crippen molar-refractivity contribution in [2.75, 3.05) is 0 Å². The lowest BCUT2D eigenvalue weighted by Crippen LogP contribution is -2.06. The number of rotatable bonds is 3. The number of hydrogen-bond acceptors (Lipinski definition) is 2. The van der Waals surface area contributed by atoms with Gasteiger partial charge in [0, 0.05) is 35.0 Å². The molecule has 92 valence electrons. The Labute approximate surface area is 113 Å². The maximum absolute atomic E-state index is 13.5. The summed E-state index contributed by atoms with van der Waals surface area (Å²) in [5.41, 5.74) is 0.489. The number of carbonyl (C=O) groups is 1. The lowest BCUT2D eigenvalue weighted by atomic mass is 10.0. The molecule has 0 saturated heterocycles. The second-order valence-corrected chi connectivity index (χ2v) is 4.47. The lowest BCUT2D eigenvalue weighted by Gasteiger charge is -2.06. The normalized spacial score (nSPS) is 10.4. The van der Waals surface area contributed by atoms with E-state index >= 15 is 0 Å².